The topological polar surface area (TPSA) is 26.0 Å². The maximum Gasteiger partial charge on any atom is 0.0523 e. The third-order valence-corrected chi connectivity index (χ3v) is 2.44. The Hall–Kier alpha value is -0.770. The van der Waals surface area contributed by atoms with Crippen LogP contribution in [0.2, 0.25) is 0 Å². The summed E-state index contributed by atoms with van der Waals surface area (Å²) in [5, 5.41) is 0. The number of halogens is 1. The number of benzene rings is 1. The van der Waals surface area contributed by atoms with Crippen molar-refractivity contribution in [3.8, 4) is 0 Å². The molecule has 2 heteroatoms. The molecule has 2 N–H and O–H groups in total. The van der Waals surface area contributed by atoms with Gasteiger partial charge in [0.1, 0.15) is 0 Å². The molecule has 1 aromatic rings. The molecular weight excluding hydrogens is 261 g/mol. The molecule has 0 aliphatic heterocycles. The lowest BCUT2D eigenvalue weighted by Gasteiger charge is -2.01. The number of anilines is 1. The van der Waals surface area contributed by atoms with Crippen molar-refractivity contribution in [2.75, 3.05) is 5.73 Å². The Balaban J connectivity index is 3.07. The lowest BCUT2D eigenvalue weighted by molar-refractivity contribution is 1.59. The largest absolute Gasteiger partial charge is 0.397 e. The van der Waals surface area contributed by atoms with E-state index in [9.17, 15) is 0 Å². The fourth-order valence-electron chi connectivity index (χ4n) is 0.871. The second-order valence-electron chi connectivity index (χ2n) is 2.34. The van der Waals surface area contributed by atoms with E-state index in [-0.39, 0.29) is 0 Å². The minimum absolute atomic E-state index is 0.830. The van der Waals surface area contributed by atoms with Crippen LogP contribution in [-0.2, 0) is 0 Å². The maximum atomic E-state index is 5.83. The lowest BCUT2D eigenvalue weighted by Crippen LogP contribution is -1.91. The second-order valence-corrected chi connectivity index (χ2v) is 3.50. The van der Waals surface area contributed by atoms with E-state index in [4.69, 9.17) is 5.73 Å². The smallest absolute Gasteiger partial charge is 0.0523 e. The predicted octanol–water partition coefficient (Wildman–Crippen LogP) is 3.07. The number of hydrogen-bond acceptors (Lipinski definition) is 1. The highest BCUT2D eigenvalue weighted by Gasteiger charge is 1.97. The Morgan fingerprint density at radius 2 is 2.17 bits per heavy atom. The summed E-state index contributed by atoms with van der Waals surface area (Å²) in [6.07, 6.45) is 5.56. The third-order valence-electron chi connectivity index (χ3n) is 1.50. The maximum absolute atomic E-state index is 5.83. The molecule has 0 aliphatic carbocycles. The standard InChI is InChI=1S/C10H10IN/c1-2-3-5-8-6-4-7-9(11)10(8)12/h2-7H,1,12H2/b5-3-. The number of nitrogens with two attached hydrogens (primary N) is 1. The van der Waals surface area contributed by atoms with Gasteiger partial charge >= 0.3 is 0 Å². The summed E-state index contributed by atoms with van der Waals surface area (Å²) >= 11 is 2.22. The first-order chi connectivity index (χ1) is 5.75. The molecule has 0 bridgehead atoms. The van der Waals surface area contributed by atoms with Gasteiger partial charge in [0.05, 0.1) is 5.69 Å². The van der Waals surface area contributed by atoms with Crippen LogP contribution < -0.4 is 5.73 Å². The number of para-hydroxylation sites is 1. The van der Waals surface area contributed by atoms with Crippen molar-refractivity contribution in [3.05, 3.63) is 46.1 Å². The number of allylic oxidation sites excluding steroid dienone is 2. The molecule has 0 radical (unpaired) electrons. The van der Waals surface area contributed by atoms with Crippen LogP contribution in [0, 0.1) is 3.57 Å². The fourth-order valence-corrected chi connectivity index (χ4v) is 1.39. The van der Waals surface area contributed by atoms with Crippen LogP contribution in [0.3, 0.4) is 0 Å². The van der Waals surface area contributed by atoms with Crippen LogP contribution in [0.15, 0.2) is 36.9 Å². The molecule has 0 heterocycles. The third kappa shape index (κ3) is 2.11. The van der Waals surface area contributed by atoms with Crippen LogP contribution in [0.1, 0.15) is 5.56 Å². The van der Waals surface area contributed by atoms with Crippen molar-refractivity contribution in [1.29, 1.82) is 0 Å². The Morgan fingerprint density at radius 1 is 1.42 bits per heavy atom. The van der Waals surface area contributed by atoms with Gasteiger partial charge in [0.2, 0.25) is 0 Å². The van der Waals surface area contributed by atoms with Gasteiger partial charge in [-0.1, -0.05) is 36.9 Å². The van der Waals surface area contributed by atoms with Gasteiger partial charge < -0.3 is 5.73 Å². The summed E-state index contributed by atoms with van der Waals surface area (Å²) in [4.78, 5) is 0. The summed E-state index contributed by atoms with van der Waals surface area (Å²) in [6, 6.07) is 5.96. The first-order valence-electron chi connectivity index (χ1n) is 3.59. The van der Waals surface area contributed by atoms with E-state index in [0.29, 0.717) is 0 Å². The normalized spacial score (nSPS) is 10.4. The molecule has 1 nitrogen and oxygen atoms in total. The zero-order valence-electron chi connectivity index (χ0n) is 6.63. The summed E-state index contributed by atoms with van der Waals surface area (Å²) < 4.78 is 1.08. The predicted molar refractivity (Wildman–Crippen MR) is 62.8 cm³/mol. The van der Waals surface area contributed by atoms with Crippen molar-refractivity contribution in [2.24, 2.45) is 0 Å². The fraction of sp³-hybridized carbons (Fsp3) is 0. The quantitative estimate of drug-likeness (QED) is 0.499. The zero-order valence-corrected chi connectivity index (χ0v) is 8.78. The summed E-state index contributed by atoms with van der Waals surface area (Å²) in [5.41, 5.74) is 7.70. The summed E-state index contributed by atoms with van der Waals surface area (Å²) in [7, 11) is 0. The van der Waals surface area contributed by atoms with Crippen LogP contribution in [0.5, 0.6) is 0 Å². The van der Waals surface area contributed by atoms with Gasteiger partial charge in [-0.3, -0.25) is 0 Å². The van der Waals surface area contributed by atoms with Crippen LogP contribution in [0.4, 0.5) is 5.69 Å². The lowest BCUT2D eigenvalue weighted by atomic mass is 10.2. The van der Waals surface area contributed by atoms with E-state index in [1.807, 2.05) is 30.4 Å². The molecule has 0 saturated heterocycles. The van der Waals surface area contributed by atoms with E-state index < -0.39 is 0 Å². The van der Waals surface area contributed by atoms with Gasteiger partial charge in [0, 0.05) is 3.57 Å². The second kappa shape index (κ2) is 4.30. The van der Waals surface area contributed by atoms with Gasteiger partial charge in [0.25, 0.3) is 0 Å². The SMILES string of the molecule is C=C/C=C\c1cccc(I)c1N. The van der Waals surface area contributed by atoms with E-state index in [1.165, 1.54) is 0 Å². The number of hydrogen-bond donors (Lipinski definition) is 1. The molecule has 0 aliphatic rings. The highest BCUT2D eigenvalue weighted by atomic mass is 127. The van der Waals surface area contributed by atoms with Crippen molar-refractivity contribution in [2.45, 2.75) is 0 Å². The van der Waals surface area contributed by atoms with Crippen LogP contribution in [-0.4, -0.2) is 0 Å². The Morgan fingerprint density at radius 3 is 2.83 bits per heavy atom. The first-order valence-corrected chi connectivity index (χ1v) is 4.66. The average Bonchev–Trinajstić information content (AvgIpc) is 2.08. The Bertz CT molecular complexity index is 316. The average molecular weight is 271 g/mol. The minimum atomic E-state index is 0.830. The highest BCUT2D eigenvalue weighted by molar-refractivity contribution is 14.1. The molecular formula is C10H10IN. The van der Waals surface area contributed by atoms with Crippen LogP contribution in [0.25, 0.3) is 6.08 Å². The van der Waals surface area contributed by atoms with Crippen molar-refractivity contribution >= 4 is 34.4 Å². The molecule has 0 atom stereocenters. The van der Waals surface area contributed by atoms with Gasteiger partial charge in [-0.2, -0.15) is 0 Å². The minimum Gasteiger partial charge on any atom is -0.397 e. The van der Waals surface area contributed by atoms with Crippen LogP contribution >= 0.6 is 22.6 Å². The Labute approximate surface area is 86.1 Å². The highest BCUT2D eigenvalue weighted by Crippen LogP contribution is 2.20. The molecule has 0 saturated carbocycles. The van der Waals surface area contributed by atoms with Crippen molar-refractivity contribution < 1.29 is 0 Å². The van der Waals surface area contributed by atoms with Crippen molar-refractivity contribution in [1.82, 2.24) is 0 Å². The molecule has 1 aromatic carbocycles. The molecule has 12 heavy (non-hydrogen) atoms. The van der Waals surface area contributed by atoms with Gasteiger partial charge in [-0.25, -0.2) is 0 Å². The summed E-state index contributed by atoms with van der Waals surface area (Å²) in [5.74, 6) is 0. The summed E-state index contributed by atoms with van der Waals surface area (Å²) in [6.45, 7) is 3.60. The molecule has 62 valence electrons. The van der Waals surface area contributed by atoms with Gasteiger partial charge in [-0.15, -0.1) is 0 Å². The first kappa shape index (κ1) is 9.32. The zero-order chi connectivity index (χ0) is 8.97. The number of rotatable bonds is 2. The monoisotopic (exact) mass is 271 g/mol. The molecule has 0 aromatic heterocycles. The van der Waals surface area contributed by atoms with E-state index in [1.54, 1.807) is 6.08 Å². The molecule has 0 spiro atoms. The number of nitrogen functional groups attached to an aromatic ring is 1. The van der Waals surface area contributed by atoms with E-state index in [2.05, 4.69) is 29.2 Å². The van der Waals surface area contributed by atoms with E-state index >= 15 is 0 Å². The van der Waals surface area contributed by atoms with Gasteiger partial charge in [-0.05, 0) is 34.2 Å². The van der Waals surface area contributed by atoms with Gasteiger partial charge in [0.15, 0.2) is 0 Å². The molecule has 0 fully saturated rings. The molecule has 1 rings (SSSR count). The van der Waals surface area contributed by atoms with Crippen molar-refractivity contribution in [3.63, 3.8) is 0 Å². The van der Waals surface area contributed by atoms with E-state index in [0.717, 1.165) is 14.8 Å². The molecule has 0 unspecified atom stereocenters. The Kier molecular flexibility index (Phi) is 3.34. The molecule has 0 amide bonds.